The Morgan fingerprint density at radius 2 is 2.21 bits per heavy atom. The molecule has 1 aromatic carbocycles. The van der Waals surface area contributed by atoms with E-state index in [0.717, 1.165) is 42.0 Å². The lowest BCUT2D eigenvalue weighted by Crippen LogP contribution is -2.45. The molecule has 2 rings (SSSR count). The number of hydrogen-bond donors (Lipinski definition) is 1. The first kappa shape index (κ1) is 14.3. The van der Waals surface area contributed by atoms with Crippen molar-refractivity contribution in [3.05, 3.63) is 28.2 Å². The van der Waals surface area contributed by atoms with Crippen LogP contribution in [0.15, 0.2) is 22.7 Å². The fourth-order valence-corrected chi connectivity index (χ4v) is 2.99. The predicted octanol–water partition coefficient (Wildman–Crippen LogP) is 2.32. The van der Waals surface area contributed by atoms with E-state index in [-0.39, 0.29) is 6.04 Å². The molecule has 0 saturated carbocycles. The van der Waals surface area contributed by atoms with Gasteiger partial charge in [0.25, 0.3) is 0 Å². The highest BCUT2D eigenvalue weighted by molar-refractivity contribution is 9.10. The van der Waals surface area contributed by atoms with E-state index in [0.29, 0.717) is 6.42 Å². The van der Waals surface area contributed by atoms with E-state index in [4.69, 9.17) is 10.00 Å². The van der Waals surface area contributed by atoms with E-state index in [2.05, 4.69) is 38.3 Å². The molecule has 19 heavy (non-hydrogen) atoms. The van der Waals surface area contributed by atoms with Crippen molar-refractivity contribution >= 4 is 15.9 Å². The summed E-state index contributed by atoms with van der Waals surface area (Å²) in [5.41, 5.74) is 1.16. The smallest absolute Gasteiger partial charge is 0.133 e. The number of rotatable bonds is 4. The van der Waals surface area contributed by atoms with Crippen LogP contribution in [0.2, 0.25) is 0 Å². The minimum atomic E-state index is 0.161. The fourth-order valence-electron chi connectivity index (χ4n) is 2.43. The summed E-state index contributed by atoms with van der Waals surface area (Å²) in [6.07, 6.45) is 0.513. The second kappa shape index (κ2) is 6.90. The number of hydrogen-bond acceptors (Lipinski definition) is 4. The van der Waals surface area contributed by atoms with Crippen LogP contribution < -0.4 is 10.1 Å². The van der Waals surface area contributed by atoms with Crippen LogP contribution in [0.1, 0.15) is 18.0 Å². The maximum atomic E-state index is 9.07. The Morgan fingerprint density at radius 3 is 2.79 bits per heavy atom. The van der Waals surface area contributed by atoms with Gasteiger partial charge in [0, 0.05) is 32.2 Å². The Hall–Kier alpha value is -1.09. The molecule has 102 valence electrons. The molecule has 1 heterocycles. The molecule has 0 unspecified atom stereocenters. The lowest BCUT2D eigenvalue weighted by Gasteiger charge is -2.34. The van der Waals surface area contributed by atoms with Crippen molar-refractivity contribution in [1.82, 2.24) is 10.2 Å². The van der Waals surface area contributed by atoms with Crippen molar-refractivity contribution in [3.8, 4) is 11.8 Å². The first-order valence-corrected chi connectivity index (χ1v) is 7.20. The van der Waals surface area contributed by atoms with Crippen molar-refractivity contribution in [2.75, 3.05) is 33.3 Å². The van der Waals surface area contributed by atoms with Crippen LogP contribution in [0.5, 0.6) is 5.75 Å². The minimum absolute atomic E-state index is 0.161. The molecule has 0 amide bonds. The summed E-state index contributed by atoms with van der Waals surface area (Å²) in [5.74, 6) is 0.819. The normalized spacial score (nSPS) is 17.7. The third-order valence-electron chi connectivity index (χ3n) is 3.44. The molecule has 0 aliphatic carbocycles. The van der Waals surface area contributed by atoms with Crippen LogP contribution in [0.3, 0.4) is 0 Å². The van der Waals surface area contributed by atoms with Crippen LogP contribution in [-0.4, -0.2) is 38.2 Å². The standard InChI is InChI=1S/C14H18BrN3O/c1-19-14-3-2-11(10-12(14)15)13(4-5-16)18-8-6-17-7-9-18/h2-3,10,13,17H,4,6-9H2,1H3/t13-/m1/s1. The van der Waals surface area contributed by atoms with Crippen molar-refractivity contribution in [2.24, 2.45) is 0 Å². The Kier molecular flexibility index (Phi) is 5.20. The average molecular weight is 324 g/mol. The van der Waals surface area contributed by atoms with Gasteiger partial charge in [-0.05, 0) is 33.6 Å². The molecule has 4 nitrogen and oxygen atoms in total. The van der Waals surface area contributed by atoms with Gasteiger partial charge in [-0.1, -0.05) is 6.07 Å². The molecule has 0 bridgehead atoms. The predicted molar refractivity (Wildman–Crippen MR) is 78.1 cm³/mol. The van der Waals surface area contributed by atoms with E-state index in [1.165, 1.54) is 0 Å². The molecule has 0 spiro atoms. The molecule has 0 radical (unpaired) electrons. The number of ether oxygens (including phenoxy) is 1. The van der Waals surface area contributed by atoms with Gasteiger partial charge in [-0.25, -0.2) is 0 Å². The highest BCUT2D eigenvalue weighted by atomic mass is 79.9. The number of nitrogens with one attached hydrogen (secondary N) is 1. The molecule has 1 N–H and O–H groups in total. The van der Waals surface area contributed by atoms with E-state index in [1.54, 1.807) is 7.11 Å². The highest BCUT2D eigenvalue weighted by Crippen LogP contribution is 2.31. The fraction of sp³-hybridized carbons (Fsp3) is 0.500. The van der Waals surface area contributed by atoms with Crippen molar-refractivity contribution < 1.29 is 4.74 Å². The second-order valence-corrected chi connectivity index (χ2v) is 5.41. The van der Waals surface area contributed by atoms with Gasteiger partial charge in [0.1, 0.15) is 5.75 Å². The maximum absolute atomic E-state index is 9.07. The van der Waals surface area contributed by atoms with E-state index >= 15 is 0 Å². The molecule has 1 aliphatic rings. The summed E-state index contributed by atoms with van der Waals surface area (Å²) >= 11 is 3.51. The quantitative estimate of drug-likeness (QED) is 0.923. The van der Waals surface area contributed by atoms with Crippen LogP contribution in [0.4, 0.5) is 0 Å². The van der Waals surface area contributed by atoms with Crippen molar-refractivity contribution in [3.63, 3.8) is 0 Å². The van der Waals surface area contributed by atoms with Crippen LogP contribution in [-0.2, 0) is 0 Å². The van der Waals surface area contributed by atoms with Gasteiger partial charge in [0.2, 0.25) is 0 Å². The van der Waals surface area contributed by atoms with Gasteiger partial charge < -0.3 is 10.1 Å². The number of nitrogens with zero attached hydrogens (tertiary/aromatic N) is 2. The third-order valence-corrected chi connectivity index (χ3v) is 4.06. The zero-order chi connectivity index (χ0) is 13.7. The Morgan fingerprint density at radius 1 is 1.47 bits per heavy atom. The largest absolute Gasteiger partial charge is 0.496 e. The van der Waals surface area contributed by atoms with E-state index in [9.17, 15) is 0 Å². The number of benzene rings is 1. The summed E-state index contributed by atoms with van der Waals surface area (Å²) in [5, 5.41) is 12.4. The molecule has 1 atom stereocenters. The Labute approximate surface area is 122 Å². The Bertz CT molecular complexity index is 466. The van der Waals surface area contributed by atoms with Crippen molar-refractivity contribution in [2.45, 2.75) is 12.5 Å². The summed E-state index contributed by atoms with van der Waals surface area (Å²) in [4.78, 5) is 2.37. The SMILES string of the molecule is COc1ccc([C@@H](CC#N)N2CCNCC2)cc1Br. The number of methoxy groups -OCH3 is 1. The summed E-state index contributed by atoms with van der Waals surface area (Å²) in [7, 11) is 1.66. The summed E-state index contributed by atoms with van der Waals surface area (Å²) in [6, 6.07) is 8.52. The molecule has 1 aromatic rings. The Balaban J connectivity index is 2.23. The van der Waals surface area contributed by atoms with Gasteiger partial charge in [-0.3, -0.25) is 4.90 Å². The minimum Gasteiger partial charge on any atom is -0.496 e. The topological polar surface area (TPSA) is 48.3 Å². The van der Waals surface area contributed by atoms with Gasteiger partial charge in [-0.15, -0.1) is 0 Å². The summed E-state index contributed by atoms with van der Waals surface area (Å²) in [6.45, 7) is 3.94. The van der Waals surface area contributed by atoms with Gasteiger partial charge in [0.15, 0.2) is 0 Å². The molecule has 1 saturated heterocycles. The number of nitriles is 1. The highest BCUT2D eigenvalue weighted by Gasteiger charge is 2.22. The van der Waals surface area contributed by atoms with Crippen LogP contribution in [0, 0.1) is 11.3 Å². The first-order valence-electron chi connectivity index (χ1n) is 6.41. The number of piperazine rings is 1. The van der Waals surface area contributed by atoms with E-state index < -0.39 is 0 Å². The number of halogens is 1. The third kappa shape index (κ3) is 3.47. The second-order valence-electron chi connectivity index (χ2n) is 4.56. The molecule has 1 fully saturated rings. The molecule has 5 heteroatoms. The first-order chi connectivity index (χ1) is 9.26. The van der Waals surface area contributed by atoms with E-state index in [1.807, 2.05) is 12.1 Å². The van der Waals surface area contributed by atoms with Gasteiger partial charge >= 0.3 is 0 Å². The molecular formula is C14H18BrN3O. The molecular weight excluding hydrogens is 306 g/mol. The van der Waals surface area contributed by atoms with Gasteiger partial charge in [-0.2, -0.15) is 5.26 Å². The average Bonchev–Trinajstić information content (AvgIpc) is 2.45. The zero-order valence-corrected chi connectivity index (χ0v) is 12.6. The monoisotopic (exact) mass is 323 g/mol. The van der Waals surface area contributed by atoms with Crippen LogP contribution >= 0.6 is 15.9 Å². The summed E-state index contributed by atoms with van der Waals surface area (Å²) < 4.78 is 6.19. The lowest BCUT2D eigenvalue weighted by molar-refractivity contribution is 0.175. The van der Waals surface area contributed by atoms with Crippen LogP contribution in [0.25, 0.3) is 0 Å². The molecule has 1 aliphatic heterocycles. The van der Waals surface area contributed by atoms with Crippen molar-refractivity contribution in [1.29, 1.82) is 5.26 Å². The lowest BCUT2D eigenvalue weighted by atomic mass is 10.0. The maximum Gasteiger partial charge on any atom is 0.133 e. The molecule has 0 aromatic heterocycles. The van der Waals surface area contributed by atoms with Gasteiger partial charge in [0.05, 0.1) is 24.1 Å². The zero-order valence-electron chi connectivity index (χ0n) is 11.0.